The average molecular weight is 262 g/mol. The quantitative estimate of drug-likeness (QED) is 0.456. The van der Waals surface area contributed by atoms with Crippen LogP contribution in [0.15, 0.2) is 24.3 Å². The molecule has 0 radical (unpaired) electrons. The molecular formula is C7H7IN2O. The van der Waals surface area contributed by atoms with Crippen molar-refractivity contribution >= 4 is 34.5 Å². The number of benzene rings is 1. The van der Waals surface area contributed by atoms with Gasteiger partial charge in [0.1, 0.15) is 0 Å². The molecule has 0 fully saturated rings. The molecule has 0 saturated heterocycles. The normalized spacial score (nSPS) is 9.18. The van der Waals surface area contributed by atoms with Crippen molar-refractivity contribution in [3.8, 4) is 0 Å². The van der Waals surface area contributed by atoms with Gasteiger partial charge < -0.3 is 5.73 Å². The fourth-order valence-corrected chi connectivity index (χ4v) is 1.05. The van der Waals surface area contributed by atoms with Crippen LogP contribution < -0.4 is 9.26 Å². The Morgan fingerprint density at radius 3 is 2.82 bits per heavy atom. The zero-order valence-corrected chi connectivity index (χ0v) is 7.83. The Kier molecular flexibility index (Phi) is 2.70. The van der Waals surface area contributed by atoms with E-state index in [1.165, 1.54) is 0 Å². The maximum atomic E-state index is 11.0. The molecule has 0 spiro atoms. The van der Waals surface area contributed by atoms with Crippen LogP contribution in [0, 0.1) is 0 Å². The van der Waals surface area contributed by atoms with Crippen molar-refractivity contribution < 1.29 is 4.79 Å². The number of nitrogen functional groups attached to an aromatic ring is 1. The molecule has 11 heavy (non-hydrogen) atoms. The van der Waals surface area contributed by atoms with Crippen LogP contribution in [0.5, 0.6) is 0 Å². The van der Waals surface area contributed by atoms with Gasteiger partial charge in [-0.15, -0.1) is 0 Å². The van der Waals surface area contributed by atoms with E-state index in [4.69, 9.17) is 5.73 Å². The fourth-order valence-electron chi connectivity index (χ4n) is 0.734. The van der Waals surface area contributed by atoms with Gasteiger partial charge in [0.05, 0.1) is 22.9 Å². The first-order valence-corrected chi connectivity index (χ1v) is 4.08. The van der Waals surface area contributed by atoms with Crippen LogP contribution in [-0.2, 0) is 0 Å². The van der Waals surface area contributed by atoms with E-state index < -0.39 is 0 Å². The lowest BCUT2D eigenvalue weighted by Crippen LogP contribution is -2.11. The van der Waals surface area contributed by atoms with Crippen LogP contribution in [0.2, 0.25) is 0 Å². The van der Waals surface area contributed by atoms with Crippen molar-refractivity contribution in [2.75, 3.05) is 5.73 Å². The van der Waals surface area contributed by atoms with Crippen LogP contribution in [0.3, 0.4) is 0 Å². The summed E-state index contributed by atoms with van der Waals surface area (Å²) in [4.78, 5) is 11.0. The van der Waals surface area contributed by atoms with Gasteiger partial charge in [-0.1, -0.05) is 6.07 Å². The van der Waals surface area contributed by atoms with Gasteiger partial charge in [0.15, 0.2) is 0 Å². The summed E-state index contributed by atoms with van der Waals surface area (Å²) in [5, 5.41) is 0. The zero-order chi connectivity index (χ0) is 8.27. The van der Waals surface area contributed by atoms with Crippen molar-refractivity contribution in [3.63, 3.8) is 0 Å². The summed E-state index contributed by atoms with van der Waals surface area (Å²) in [6.45, 7) is 0. The maximum Gasteiger partial charge on any atom is 0.259 e. The van der Waals surface area contributed by atoms with Gasteiger partial charge >= 0.3 is 0 Å². The molecule has 0 aliphatic carbocycles. The highest BCUT2D eigenvalue weighted by Crippen LogP contribution is 2.06. The first-order valence-electron chi connectivity index (χ1n) is 3.00. The minimum absolute atomic E-state index is 0.127. The second-order valence-electron chi connectivity index (χ2n) is 2.05. The molecule has 0 aliphatic heterocycles. The highest BCUT2D eigenvalue weighted by molar-refractivity contribution is 14.1. The predicted octanol–water partition coefficient (Wildman–Crippen LogP) is 1.35. The summed E-state index contributed by atoms with van der Waals surface area (Å²) in [5.74, 6) is -0.127. The molecule has 1 rings (SSSR count). The van der Waals surface area contributed by atoms with E-state index >= 15 is 0 Å². The van der Waals surface area contributed by atoms with Gasteiger partial charge in [-0.25, -0.2) is 0 Å². The Labute approximate surface area is 78.5 Å². The number of halogens is 1. The Bertz CT molecular complexity index is 275. The smallest absolute Gasteiger partial charge is 0.259 e. The first kappa shape index (κ1) is 8.32. The van der Waals surface area contributed by atoms with E-state index in [0.717, 1.165) is 0 Å². The molecule has 0 saturated carbocycles. The Morgan fingerprint density at radius 2 is 2.27 bits per heavy atom. The van der Waals surface area contributed by atoms with Crippen molar-refractivity contribution in [1.29, 1.82) is 0 Å². The molecule has 3 nitrogen and oxygen atoms in total. The van der Waals surface area contributed by atoms with Crippen molar-refractivity contribution in [1.82, 2.24) is 3.53 Å². The minimum Gasteiger partial charge on any atom is -0.399 e. The van der Waals surface area contributed by atoms with E-state index in [1.54, 1.807) is 47.1 Å². The van der Waals surface area contributed by atoms with Crippen LogP contribution >= 0.6 is 22.9 Å². The number of carbonyl (C=O) groups excluding carboxylic acids is 1. The lowest BCUT2D eigenvalue weighted by Gasteiger charge is -1.97. The highest BCUT2D eigenvalue weighted by Gasteiger charge is 2.01. The standard InChI is InChI=1S/C7H7IN2O/c8-10-7(11)5-2-1-3-6(9)4-5/h1-4H,9H2,(H,10,11). The van der Waals surface area contributed by atoms with Crippen LogP contribution in [-0.4, -0.2) is 5.91 Å². The topological polar surface area (TPSA) is 55.1 Å². The summed E-state index contributed by atoms with van der Waals surface area (Å²) in [6.07, 6.45) is 0. The summed E-state index contributed by atoms with van der Waals surface area (Å²) in [5.41, 5.74) is 6.65. The number of hydrogen-bond acceptors (Lipinski definition) is 2. The number of rotatable bonds is 1. The van der Waals surface area contributed by atoms with Crippen LogP contribution in [0.25, 0.3) is 0 Å². The summed E-state index contributed by atoms with van der Waals surface area (Å²) in [6, 6.07) is 6.83. The number of carbonyl (C=O) groups is 1. The van der Waals surface area contributed by atoms with E-state index in [1.807, 2.05) is 0 Å². The Balaban J connectivity index is 2.96. The number of amides is 1. The number of anilines is 1. The van der Waals surface area contributed by atoms with E-state index in [9.17, 15) is 4.79 Å². The summed E-state index contributed by atoms with van der Waals surface area (Å²) < 4.78 is 2.48. The average Bonchev–Trinajstić information content (AvgIpc) is 2.03. The van der Waals surface area contributed by atoms with Crippen molar-refractivity contribution in [3.05, 3.63) is 29.8 Å². The third-order valence-electron chi connectivity index (χ3n) is 1.23. The van der Waals surface area contributed by atoms with E-state index in [2.05, 4.69) is 3.53 Å². The van der Waals surface area contributed by atoms with E-state index in [0.29, 0.717) is 11.3 Å². The molecular weight excluding hydrogens is 255 g/mol. The SMILES string of the molecule is Nc1cccc(C(=O)NI)c1. The molecule has 1 aromatic rings. The lowest BCUT2D eigenvalue weighted by atomic mass is 10.2. The third-order valence-corrected chi connectivity index (χ3v) is 1.72. The van der Waals surface area contributed by atoms with Gasteiger partial charge in [-0.2, -0.15) is 0 Å². The molecule has 58 valence electrons. The van der Waals surface area contributed by atoms with E-state index in [-0.39, 0.29) is 5.91 Å². The Hall–Kier alpha value is -0.780. The first-order chi connectivity index (χ1) is 5.24. The maximum absolute atomic E-state index is 11.0. The van der Waals surface area contributed by atoms with Gasteiger partial charge in [0, 0.05) is 11.3 Å². The van der Waals surface area contributed by atoms with Gasteiger partial charge in [0.25, 0.3) is 5.91 Å². The molecule has 3 N–H and O–H groups in total. The predicted molar refractivity (Wildman–Crippen MR) is 52.3 cm³/mol. The molecule has 4 heteroatoms. The largest absolute Gasteiger partial charge is 0.399 e. The van der Waals surface area contributed by atoms with Crippen LogP contribution in [0.4, 0.5) is 5.69 Å². The third kappa shape index (κ3) is 2.07. The molecule has 1 amide bonds. The molecule has 0 aliphatic rings. The molecule has 0 atom stereocenters. The van der Waals surface area contributed by atoms with Crippen molar-refractivity contribution in [2.24, 2.45) is 0 Å². The summed E-state index contributed by atoms with van der Waals surface area (Å²) in [7, 11) is 0. The van der Waals surface area contributed by atoms with Gasteiger partial charge in [-0.05, 0) is 18.2 Å². The molecule has 0 bridgehead atoms. The van der Waals surface area contributed by atoms with Gasteiger partial charge in [0.2, 0.25) is 0 Å². The van der Waals surface area contributed by atoms with Crippen molar-refractivity contribution in [2.45, 2.75) is 0 Å². The zero-order valence-electron chi connectivity index (χ0n) is 5.67. The number of nitrogens with two attached hydrogens (primary N) is 1. The second kappa shape index (κ2) is 3.56. The summed E-state index contributed by atoms with van der Waals surface area (Å²) >= 11 is 1.79. The monoisotopic (exact) mass is 262 g/mol. The molecule has 0 unspecified atom stereocenters. The highest BCUT2D eigenvalue weighted by atomic mass is 127. The fraction of sp³-hybridized carbons (Fsp3) is 0. The number of nitrogens with one attached hydrogen (secondary N) is 1. The lowest BCUT2D eigenvalue weighted by molar-refractivity contribution is 0.0989. The molecule has 0 heterocycles. The van der Waals surface area contributed by atoms with Gasteiger partial charge in [-0.3, -0.25) is 8.32 Å². The molecule has 0 aromatic heterocycles. The second-order valence-corrected chi connectivity index (χ2v) is 2.59. The Morgan fingerprint density at radius 1 is 1.55 bits per heavy atom. The molecule has 1 aromatic carbocycles. The van der Waals surface area contributed by atoms with Crippen LogP contribution in [0.1, 0.15) is 10.4 Å². The minimum atomic E-state index is -0.127. The number of hydrogen-bond donors (Lipinski definition) is 2.